The van der Waals surface area contributed by atoms with Crippen molar-refractivity contribution < 1.29 is 8.42 Å². The van der Waals surface area contributed by atoms with E-state index in [4.69, 9.17) is 0 Å². The average molecular weight is 322 g/mol. The number of likely N-dealkylation sites (N-methyl/N-ethyl adjacent to an activating group) is 1. The highest BCUT2D eigenvalue weighted by molar-refractivity contribution is 7.89. The molecule has 5 nitrogen and oxygen atoms in total. The van der Waals surface area contributed by atoms with Crippen molar-refractivity contribution in [3.05, 3.63) is 23.7 Å². The van der Waals surface area contributed by atoms with E-state index >= 15 is 0 Å². The molecule has 2 N–H and O–H groups in total. The molecule has 1 atom stereocenters. The minimum atomic E-state index is -3.48. The van der Waals surface area contributed by atoms with Crippen molar-refractivity contribution in [2.75, 3.05) is 13.6 Å². The fourth-order valence-corrected chi connectivity index (χ4v) is 3.35. The van der Waals surface area contributed by atoms with Crippen LogP contribution in [0.4, 0.5) is 0 Å². The van der Waals surface area contributed by atoms with E-state index in [-0.39, 0.29) is 23.3 Å². The Kier molecular flexibility index (Phi) is 5.69. The quantitative estimate of drug-likeness (QED) is 0.877. The lowest BCUT2D eigenvalue weighted by Gasteiger charge is -2.11. The lowest BCUT2D eigenvalue weighted by atomic mass is 10.4. The van der Waals surface area contributed by atoms with Crippen molar-refractivity contribution in [3.63, 3.8) is 0 Å². The van der Waals surface area contributed by atoms with Gasteiger partial charge in [0.1, 0.15) is 4.90 Å². The third-order valence-corrected chi connectivity index (χ3v) is 4.90. The normalized spacial score (nSPS) is 13.2. The van der Waals surface area contributed by atoms with Gasteiger partial charge >= 0.3 is 0 Å². The molecule has 0 amide bonds. The first-order valence-electron chi connectivity index (χ1n) is 5.53. The molecular formula is C11H16ClN3O2S2. The molecule has 0 spiro atoms. The van der Waals surface area contributed by atoms with Crippen molar-refractivity contribution in [2.45, 2.75) is 17.9 Å². The zero-order chi connectivity index (χ0) is 13.2. The minimum Gasteiger partial charge on any atom is -0.316 e. The highest BCUT2D eigenvalue weighted by Gasteiger charge is 2.16. The molecule has 1 unspecified atom stereocenters. The smallest absolute Gasteiger partial charge is 0.242 e. The molecule has 0 fully saturated rings. The molecule has 2 aromatic rings. The number of nitrogens with one attached hydrogen (secondary N) is 2. The second-order valence-electron chi connectivity index (χ2n) is 4.02. The van der Waals surface area contributed by atoms with Gasteiger partial charge in [-0.15, -0.1) is 23.7 Å². The van der Waals surface area contributed by atoms with Crippen LogP contribution in [-0.2, 0) is 10.0 Å². The SMILES string of the molecule is CNC(C)CNS(=O)(=O)c1cnc2ccsc2c1.Cl. The monoisotopic (exact) mass is 321 g/mol. The van der Waals surface area contributed by atoms with Gasteiger partial charge < -0.3 is 5.32 Å². The number of nitrogens with zero attached hydrogens (tertiary/aromatic N) is 1. The zero-order valence-electron chi connectivity index (χ0n) is 10.6. The van der Waals surface area contributed by atoms with Gasteiger partial charge in [0.2, 0.25) is 10.0 Å². The van der Waals surface area contributed by atoms with Crippen molar-refractivity contribution >= 4 is 44.0 Å². The van der Waals surface area contributed by atoms with Crippen molar-refractivity contribution in [2.24, 2.45) is 0 Å². The predicted molar refractivity (Wildman–Crippen MR) is 80.6 cm³/mol. The number of rotatable bonds is 5. The van der Waals surface area contributed by atoms with Crippen LogP contribution in [0.1, 0.15) is 6.92 Å². The van der Waals surface area contributed by atoms with Crippen LogP contribution >= 0.6 is 23.7 Å². The van der Waals surface area contributed by atoms with Gasteiger partial charge in [0.05, 0.1) is 10.2 Å². The molecule has 8 heteroatoms. The second kappa shape index (κ2) is 6.62. The van der Waals surface area contributed by atoms with Crippen LogP contribution in [0, 0.1) is 0 Å². The molecule has 2 aromatic heterocycles. The Morgan fingerprint density at radius 1 is 1.47 bits per heavy atom. The van der Waals surface area contributed by atoms with Gasteiger partial charge in [-0.3, -0.25) is 4.98 Å². The van der Waals surface area contributed by atoms with Gasteiger partial charge in [0, 0.05) is 18.8 Å². The molecule has 19 heavy (non-hydrogen) atoms. The van der Waals surface area contributed by atoms with Crippen molar-refractivity contribution in [1.82, 2.24) is 15.0 Å². The second-order valence-corrected chi connectivity index (χ2v) is 6.73. The number of halogens is 1. The summed E-state index contributed by atoms with van der Waals surface area (Å²) in [6.45, 7) is 2.25. The molecule has 0 saturated carbocycles. The molecule has 0 aliphatic rings. The number of sulfonamides is 1. The van der Waals surface area contributed by atoms with E-state index in [9.17, 15) is 8.42 Å². The van der Waals surface area contributed by atoms with Crippen LogP contribution in [-0.4, -0.2) is 33.0 Å². The van der Waals surface area contributed by atoms with Crippen LogP contribution in [0.25, 0.3) is 10.2 Å². The van der Waals surface area contributed by atoms with Gasteiger partial charge in [0.15, 0.2) is 0 Å². The Morgan fingerprint density at radius 2 is 2.21 bits per heavy atom. The molecule has 0 radical (unpaired) electrons. The van der Waals surface area contributed by atoms with E-state index in [0.717, 1.165) is 10.2 Å². The Balaban J connectivity index is 0.00000180. The van der Waals surface area contributed by atoms with E-state index in [1.165, 1.54) is 17.5 Å². The number of fused-ring (bicyclic) bond motifs is 1. The molecule has 106 valence electrons. The first-order valence-corrected chi connectivity index (χ1v) is 7.89. The van der Waals surface area contributed by atoms with Crippen molar-refractivity contribution in [3.8, 4) is 0 Å². The van der Waals surface area contributed by atoms with Gasteiger partial charge in [-0.05, 0) is 31.5 Å². The lowest BCUT2D eigenvalue weighted by Crippen LogP contribution is -2.37. The van der Waals surface area contributed by atoms with E-state index in [0.29, 0.717) is 6.54 Å². The van der Waals surface area contributed by atoms with Gasteiger partial charge in [-0.2, -0.15) is 0 Å². The fraction of sp³-hybridized carbons (Fsp3) is 0.364. The summed E-state index contributed by atoms with van der Waals surface area (Å²) >= 11 is 1.48. The topological polar surface area (TPSA) is 71.1 Å². The fourth-order valence-electron chi connectivity index (χ4n) is 1.40. The zero-order valence-corrected chi connectivity index (χ0v) is 13.0. The van der Waals surface area contributed by atoms with Gasteiger partial charge in [-0.1, -0.05) is 0 Å². The van der Waals surface area contributed by atoms with Crippen LogP contribution in [0.2, 0.25) is 0 Å². The number of thiophene rings is 1. The minimum absolute atomic E-state index is 0. The van der Waals surface area contributed by atoms with Gasteiger partial charge in [0.25, 0.3) is 0 Å². The Hall–Kier alpha value is -0.730. The molecule has 0 aliphatic heterocycles. The van der Waals surface area contributed by atoms with Crippen LogP contribution in [0.3, 0.4) is 0 Å². The standard InChI is InChI=1S/C11H15N3O2S2.ClH/c1-8(12-2)6-14-18(15,16)9-5-11-10(13-7-9)3-4-17-11;/h3-5,7-8,12,14H,6H2,1-2H3;1H. The molecule has 0 aromatic carbocycles. The largest absolute Gasteiger partial charge is 0.316 e. The van der Waals surface area contributed by atoms with E-state index in [1.54, 1.807) is 13.1 Å². The Labute approximate surface area is 122 Å². The molecule has 0 bridgehead atoms. The summed E-state index contributed by atoms with van der Waals surface area (Å²) in [6, 6.07) is 3.60. The van der Waals surface area contributed by atoms with E-state index < -0.39 is 10.0 Å². The average Bonchev–Trinajstić information content (AvgIpc) is 2.83. The Morgan fingerprint density at radius 3 is 2.89 bits per heavy atom. The summed E-state index contributed by atoms with van der Waals surface area (Å²) in [5, 5.41) is 4.87. The number of pyridine rings is 1. The molecule has 2 heterocycles. The van der Waals surface area contributed by atoms with Crippen LogP contribution in [0.15, 0.2) is 28.6 Å². The van der Waals surface area contributed by atoms with E-state index in [2.05, 4.69) is 15.0 Å². The van der Waals surface area contributed by atoms with Crippen LogP contribution in [0.5, 0.6) is 0 Å². The highest BCUT2D eigenvalue weighted by Crippen LogP contribution is 2.21. The molecule has 0 saturated heterocycles. The summed E-state index contributed by atoms with van der Waals surface area (Å²) < 4.78 is 27.5. The summed E-state index contributed by atoms with van der Waals surface area (Å²) in [7, 11) is -1.69. The number of aromatic nitrogens is 1. The number of hydrogen-bond donors (Lipinski definition) is 2. The number of hydrogen-bond acceptors (Lipinski definition) is 5. The summed E-state index contributed by atoms with van der Waals surface area (Å²) in [6.07, 6.45) is 1.39. The van der Waals surface area contributed by atoms with Crippen LogP contribution < -0.4 is 10.0 Å². The highest BCUT2D eigenvalue weighted by atomic mass is 35.5. The summed E-state index contributed by atoms with van der Waals surface area (Å²) in [5.74, 6) is 0. The lowest BCUT2D eigenvalue weighted by molar-refractivity contribution is 0.554. The third-order valence-electron chi connectivity index (χ3n) is 2.66. The third kappa shape index (κ3) is 3.87. The molecular weight excluding hydrogens is 306 g/mol. The Bertz CT molecular complexity index is 642. The maximum atomic E-state index is 12.0. The summed E-state index contributed by atoms with van der Waals surface area (Å²) in [5.41, 5.74) is 0.822. The molecule has 2 rings (SSSR count). The predicted octanol–water partition coefficient (Wildman–Crippen LogP) is 1.60. The molecule has 0 aliphatic carbocycles. The first-order chi connectivity index (χ1) is 8.53. The maximum absolute atomic E-state index is 12.0. The maximum Gasteiger partial charge on any atom is 0.242 e. The summed E-state index contributed by atoms with van der Waals surface area (Å²) in [4.78, 5) is 4.34. The van der Waals surface area contributed by atoms with Gasteiger partial charge in [-0.25, -0.2) is 13.1 Å². The van der Waals surface area contributed by atoms with Crippen molar-refractivity contribution in [1.29, 1.82) is 0 Å². The first kappa shape index (κ1) is 16.3. The van der Waals surface area contributed by atoms with E-state index in [1.807, 2.05) is 18.4 Å².